The zero-order valence-corrected chi connectivity index (χ0v) is 52.7. The minimum atomic E-state index is -2.21. The van der Waals surface area contributed by atoms with E-state index in [0.29, 0.717) is 11.4 Å². The quantitative estimate of drug-likeness (QED) is 0.0564. The molecule has 21 aliphatic heterocycles. The van der Waals surface area contributed by atoms with Crippen molar-refractivity contribution in [2.24, 2.45) is 0 Å². The van der Waals surface area contributed by atoms with E-state index in [2.05, 4.69) is 0 Å². The third kappa shape index (κ3) is 16.7. The fourth-order valence-electron chi connectivity index (χ4n) is 12.0. The molecule has 0 radical (unpaired) electrons. The lowest BCUT2D eigenvalue weighted by molar-refractivity contribution is -0.396. The first-order valence-corrected chi connectivity index (χ1v) is 31.4. The zero-order chi connectivity index (χ0) is 71.5. The van der Waals surface area contributed by atoms with Gasteiger partial charge in [-0.3, -0.25) is 4.79 Å². The molecule has 35 unspecified atom stereocenters. The van der Waals surface area contributed by atoms with Crippen LogP contribution in [0.25, 0.3) is 0 Å². The lowest BCUT2D eigenvalue weighted by Gasteiger charge is -2.50. The summed E-state index contributed by atoms with van der Waals surface area (Å²) in [5, 5.41) is 230. The number of rotatable bonds is 11. The average molecular weight is 1460 g/mol. The van der Waals surface area contributed by atoms with E-state index in [-0.39, 0.29) is 5.76 Å². The van der Waals surface area contributed by atoms with Crippen molar-refractivity contribution < 1.29 is 192 Å². The van der Waals surface area contributed by atoms with E-state index in [9.17, 15) is 117 Å². The second-order valence-corrected chi connectivity index (χ2v) is 24.8. The molecule has 22 heterocycles. The van der Waals surface area contributed by atoms with E-state index in [4.69, 9.17) is 98.7 Å². The third-order valence-corrected chi connectivity index (χ3v) is 17.8. The number of alkyl halides is 2. The van der Waals surface area contributed by atoms with Gasteiger partial charge >= 0.3 is 5.97 Å². The fraction of sp³-hybridized carbons (Fsp3) is 0.786. The predicted molar refractivity (Wildman–Crippen MR) is 307 cm³/mol. The smallest absolute Gasteiger partial charge is 0.379 e. The van der Waals surface area contributed by atoms with Gasteiger partial charge in [-0.2, -0.15) is 0 Å². The van der Waals surface area contributed by atoms with E-state index in [1.165, 1.54) is 17.2 Å². The van der Waals surface area contributed by atoms with E-state index in [0.717, 1.165) is 0 Å². The molecule has 1 amide bonds. The topological polar surface area (TPSA) is 614 Å². The van der Waals surface area contributed by atoms with Crippen molar-refractivity contribution in [1.82, 2.24) is 0 Å². The van der Waals surface area contributed by atoms with Gasteiger partial charge in [0.15, 0.2) is 48.9 Å². The van der Waals surface area contributed by atoms with Crippen LogP contribution in [-0.4, -0.2) is 392 Å². The number of halogens is 2. The number of hydrogen-bond donors (Lipinski definition) is 21. The van der Waals surface area contributed by atoms with Crippen LogP contribution in [0.3, 0.4) is 0 Å². The Hall–Kier alpha value is -3.38. The summed E-state index contributed by atoms with van der Waals surface area (Å²) in [6.45, 7) is -7.33. The maximum atomic E-state index is 11.7. The average Bonchev–Trinajstić information content (AvgIpc) is 0.840. The Morgan fingerprint density at radius 2 is 0.592 bits per heavy atom. The van der Waals surface area contributed by atoms with Crippen molar-refractivity contribution >= 4 is 40.8 Å². The van der Waals surface area contributed by atoms with Gasteiger partial charge < -0.3 is 188 Å². The van der Waals surface area contributed by atoms with Crippen LogP contribution >= 0.6 is 23.2 Å². The van der Waals surface area contributed by atoms with Gasteiger partial charge in [-0.05, 0) is 36.4 Å². The summed E-state index contributed by atoms with van der Waals surface area (Å²) in [5.41, 5.74) is 0.573. The highest BCUT2D eigenvalue weighted by Gasteiger charge is 2.60. The molecule has 0 spiro atoms. The van der Waals surface area contributed by atoms with Crippen LogP contribution in [0, 0.1) is 0 Å². The summed E-state index contributed by atoms with van der Waals surface area (Å²) >= 11 is 11.0. The second kappa shape index (κ2) is 34.5. The lowest BCUT2D eigenvalue weighted by atomic mass is 9.95. The molecule has 35 atom stereocenters. The number of carbonyl (C=O) groups excluding carboxylic acids is 2. The Kier molecular flexibility index (Phi) is 27.7. The highest BCUT2D eigenvalue weighted by Crippen LogP contribution is 2.39. The van der Waals surface area contributed by atoms with E-state index in [1.807, 2.05) is 0 Å². The van der Waals surface area contributed by atoms with Crippen molar-refractivity contribution in [2.75, 3.05) is 58.2 Å². The molecule has 1 aromatic carbocycles. The Morgan fingerprint density at radius 1 is 0.367 bits per heavy atom. The van der Waals surface area contributed by atoms with Gasteiger partial charge in [0.05, 0.1) is 52.5 Å². The number of furan rings is 1. The summed E-state index contributed by atoms with van der Waals surface area (Å²) in [5.74, 6) is -0.606. The van der Waals surface area contributed by atoms with Gasteiger partial charge in [-0.15, -0.1) is 0 Å². The lowest BCUT2D eigenvalue weighted by Crippen LogP contribution is -2.68. The van der Waals surface area contributed by atoms with Crippen LogP contribution in [0.5, 0.6) is 5.75 Å². The molecule has 40 nitrogen and oxygen atoms in total. The summed E-state index contributed by atoms with van der Waals surface area (Å²) in [6, 6.07) is 9.42. The van der Waals surface area contributed by atoms with E-state index in [1.54, 1.807) is 37.4 Å². The van der Waals surface area contributed by atoms with Crippen molar-refractivity contribution in [1.29, 1.82) is 0 Å². The second-order valence-electron chi connectivity index (χ2n) is 23.7. The van der Waals surface area contributed by atoms with Crippen LogP contribution in [0.15, 0.2) is 47.1 Å². The largest absolute Gasteiger partial charge is 0.457 e. The third-order valence-electron chi connectivity index (χ3n) is 17.5. The molecule has 558 valence electrons. The number of amides is 1. The summed E-state index contributed by atoms with van der Waals surface area (Å²) < 4.78 is 89.5. The van der Waals surface area contributed by atoms with Gasteiger partial charge in [0, 0.05) is 12.7 Å². The molecule has 21 N–H and O–H groups in total. The molecule has 14 bridgehead atoms. The highest BCUT2D eigenvalue weighted by molar-refractivity contribution is 6.54. The normalized spacial score (nSPS) is 45.7. The Labute approximate surface area is 563 Å². The molecule has 21 saturated heterocycles. The van der Waals surface area contributed by atoms with Crippen molar-refractivity contribution in [3.8, 4) is 5.75 Å². The van der Waals surface area contributed by atoms with Crippen LogP contribution in [-0.2, 0) is 71.1 Å². The summed E-state index contributed by atoms with van der Waals surface area (Å²) in [6.07, 6.45) is -68.9. The molecule has 21 fully saturated rings. The van der Waals surface area contributed by atoms with Gasteiger partial charge in [0.25, 0.3) is 5.91 Å². The molecule has 21 aliphatic rings. The maximum Gasteiger partial charge on any atom is 0.379 e. The predicted octanol–water partition coefficient (Wildman–Crippen LogP) is -12.0. The first-order chi connectivity index (χ1) is 46.6. The first kappa shape index (κ1) is 78.8. The van der Waals surface area contributed by atoms with E-state index < -0.39 is 278 Å². The Balaban J connectivity index is 0.000000454. The number of ether oxygens (including phenoxy) is 15. The van der Waals surface area contributed by atoms with Crippen LogP contribution < -0.4 is 9.64 Å². The molecule has 0 saturated carbocycles. The molecule has 98 heavy (non-hydrogen) atoms. The number of hydrogen-bond acceptors (Lipinski definition) is 39. The molecule has 1 aromatic heterocycles. The molecular formula is C56H81Cl2NO39. The highest BCUT2D eigenvalue weighted by atomic mass is 35.5. The zero-order valence-electron chi connectivity index (χ0n) is 51.2. The number of nitrogens with zero attached hydrogens (tertiary/aromatic N) is 1. The van der Waals surface area contributed by atoms with Gasteiger partial charge in [0.2, 0.25) is 5.76 Å². The summed E-state index contributed by atoms with van der Waals surface area (Å²) in [7, 11) is 1.55. The van der Waals surface area contributed by atoms with Gasteiger partial charge in [0.1, 0.15) is 177 Å². The molecule has 2 aromatic rings. The van der Waals surface area contributed by atoms with E-state index >= 15 is 0 Å². The minimum absolute atomic E-state index is 0.110. The van der Waals surface area contributed by atoms with Gasteiger partial charge in [-0.1, -0.05) is 23.2 Å². The first-order valence-electron chi connectivity index (χ1n) is 30.5. The molecule has 23 rings (SSSR count). The van der Waals surface area contributed by atoms with Crippen molar-refractivity contribution in [3.05, 3.63) is 48.4 Å². The maximum absolute atomic E-state index is 11.7. The number of esters is 1. The number of anilines is 1. The SMILES string of the molecule is CN(C(=O)C(Cl)Cl)c1ccc(OC(=O)c2ccco2)cc1.OCC1OC2OC3C(CO)OC(OC4C(CO)OC(OC5C(CO)OC(OC6C(CO)OC(OC7C(CO)OC(OC8C(CO)OC(OC1C(O)C2O)C(O)C8O)C(O)C7O)C(O)C6O)C(O)C5O)C(O)C4O)C(O)C3O. The van der Waals surface area contributed by atoms with Crippen LogP contribution in [0.2, 0.25) is 0 Å². The number of aliphatic hydroxyl groups excluding tert-OH is 21. The summed E-state index contributed by atoms with van der Waals surface area (Å²) in [4.78, 5) is 23.5. The number of benzene rings is 1. The van der Waals surface area contributed by atoms with Crippen molar-refractivity contribution in [3.63, 3.8) is 0 Å². The minimum Gasteiger partial charge on any atom is -0.457 e. The standard InChI is InChI=1S/C42H70O35.C14H11Cl2NO4/c43-1-8-29-15(50)22(57)36(64-8)72-30-9(2-44)66-38(24(59)17(30)52)74-32-11(4-46)68-40(26(61)19(32)54)76-34-13(6-48)70-42(28(63)21(34)56)77-35-14(7-49)69-41(27(62)20(35)55)75-33-12(5-47)67-39(25(60)18(33)53)73-31-10(3-45)65-37(71-29)23(58)16(31)51;1-17(13(18)12(15)16)9-4-6-10(7-5-9)21-14(19)11-3-2-8-20-11/h8-63H,1-7H2;2-8,12H,1H3. The molecule has 42 heteroatoms. The van der Waals surface area contributed by atoms with Crippen LogP contribution in [0.4, 0.5) is 5.69 Å². The number of aliphatic hydroxyl groups is 21. The van der Waals surface area contributed by atoms with Gasteiger partial charge in [-0.25, -0.2) is 4.79 Å². The van der Waals surface area contributed by atoms with Crippen LogP contribution in [0.1, 0.15) is 10.6 Å². The van der Waals surface area contributed by atoms with Crippen molar-refractivity contribution in [2.45, 2.75) is 220 Å². The molecular weight excluding hydrogens is 1380 g/mol. The Morgan fingerprint density at radius 3 is 0.776 bits per heavy atom. The molecule has 0 aliphatic carbocycles. The Bertz CT molecular complexity index is 2430. The monoisotopic (exact) mass is 1460 g/mol. The number of carbonyl (C=O) groups is 2. The fourth-order valence-corrected chi connectivity index (χ4v) is 12.3.